The zero-order valence-corrected chi connectivity index (χ0v) is 11.7. The van der Waals surface area contributed by atoms with Gasteiger partial charge in [-0.15, -0.1) is 12.4 Å². The first-order chi connectivity index (χ1) is 7.60. The highest BCUT2D eigenvalue weighted by Crippen LogP contribution is 2.54. The second-order valence-corrected chi connectivity index (χ2v) is 5.81. The van der Waals surface area contributed by atoms with Gasteiger partial charge in [-0.1, -0.05) is 20.3 Å². The van der Waals surface area contributed by atoms with Crippen molar-refractivity contribution in [2.24, 2.45) is 23.0 Å². The van der Waals surface area contributed by atoms with Crippen LogP contribution in [0.25, 0.3) is 0 Å². The highest BCUT2D eigenvalue weighted by Gasteiger charge is 2.53. The largest absolute Gasteiger partial charge is 0.353 e. The Labute approximate surface area is 110 Å². The number of nitrogens with two attached hydrogens (primary N) is 1. The molecule has 0 aromatic heterocycles. The zero-order valence-electron chi connectivity index (χ0n) is 10.9. The maximum Gasteiger partial charge on any atom is 0.223 e. The number of halogens is 1. The molecule has 4 heteroatoms. The van der Waals surface area contributed by atoms with Crippen LogP contribution in [-0.4, -0.2) is 18.5 Å². The summed E-state index contributed by atoms with van der Waals surface area (Å²) in [6, 6.07) is 0.346. The van der Waals surface area contributed by atoms with E-state index in [1.165, 1.54) is 12.8 Å². The van der Waals surface area contributed by atoms with Crippen molar-refractivity contribution < 1.29 is 4.79 Å². The molecule has 0 heterocycles. The van der Waals surface area contributed by atoms with E-state index in [9.17, 15) is 4.79 Å². The lowest BCUT2D eigenvalue weighted by Gasteiger charge is -2.20. The number of hydrogen-bond acceptors (Lipinski definition) is 2. The molecule has 2 aliphatic rings. The van der Waals surface area contributed by atoms with Crippen molar-refractivity contribution in [3.63, 3.8) is 0 Å². The first-order valence-corrected chi connectivity index (χ1v) is 6.61. The van der Waals surface area contributed by atoms with Crippen LogP contribution in [0.4, 0.5) is 0 Å². The Morgan fingerprint density at radius 3 is 2.71 bits per heavy atom. The third-order valence-corrected chi connectivity index (χ3v) is 4.77. The number of carbonyl (C=O) groups excluding carboxylic acids is 1. The van der Waals surface area contributed by atoms with Gasteiger partial charge in [0, 0.05) is 12.0 Å². The molecule has 3 nitrogen and oxygen atoms in total. The third kappa shape index (κ3) is 2.94. The SMILES string of the molecule is CCC1(C)CC1C(=O)NC1CCCC1CN.Cl. The van der Waals surface area contributed by atoms with Crippen molar-refractivity contribution in [2.75, 3.05) is 6.54 Å². The fourth-order valence-electron chi connectivity index (χ4n) is 3.00. The van der Waals surface area contributed by atoms with Crippen molar-refractivity contribution in [3.05, 3.63) is 0 Å². The van der Waals surface area contributed by atoms with Crippen LogP contribution < -0.4 is 11.1 Å². The van der Waals surface area contributed by atoms with Crippen LogP contribution in [0.2, 0.25) is 0 Å². The lowest BCUT2D eigenvalue weighted by Crippen LogP contribution is -2.41. The van der Waals surface area contributed by atoms with Crippen LogP contribution in [0.1, 0.15) is 46.0 Å². The van der Waals surface area contributed by atoms with Gasteiger partial charge in [0.05, 0.1) is 0 Å². The van der Waals surface area contributed by atoms with E-state index in [0.717, 1.165) is 19.3 Å². The quantitative estimate of drug-likeness (QED) is 0.813. The fourth-order valence-corrected chi connectivity index (χ4v) is 3.00. The molecule has 2 fully saturated rings. The second kappa shape index (κ2) is 5.57. The summed E-state index contributed by atoms with van der Waals surface area (Å²) in [6.45, 7) is 5.10. The molecule has 100 valence electrons. The Morgan fingerprint density at radius 1 is 1.47 bits per heavy atom. The van der Waals surface area contributed by atoms with Crippen LogP contribution >= 0.6 is 12.4 Å². The van der Waals surface area contributed by atoms with E-state index in [2.05, 4.69) is 19.2 Å². The number of nitrogens with one attached hydrogen (secondary N) is 1. The molecule has 0 saturated heterocycles. The molecule has 0 radical (unpaired) electrons. The molecule has 2 saturated carbocycles. The number of rotatable bonds is 4. The average Bonchev–Trinajstić information content (AvgIpc) is 2.78. The summed E-state index contributed by atoms with van der Waals surface area (Å²) in [4.78, 5) is 12.0. The van der Waals surface area contributed by atoms with Crippen molar-refractivity contribution >= 4 is 18.3 Å². The van der Waals surface area contributed by atoms with Crippen molar-refractivity contribution in [2.45, 2.75) is 52.0 Å². The van der Waals surface area contributed by atoms with Gasteiger partial charge in [-0.25, -0.2) is 0 Å². The zero-order chi connectivity index (χ0) is 11.8. The van der Waals surface area contributed by atoms with Gasteiger partial charge in [0.15, 0.2) is 0 Å². The van der Waals surface area contributed by atoms with Gasteiger partial charge in [0.2, 0.25) is 5.91 Å². The summed E-state index contributed by atoms with van der Waals surface area (Å²) in [5.74, 6) is 1.04. The van der Waals surface area contributed by atoms with Crippen LogP contribution in [0.5, 0.6) is 0 Å². The lowest BCUT2D eigenvalue weighted by molar-refractivity contribution is -0.124. The summed E-state index contributed by atoms with van der Waals surface area (Å²) in [5, 5.41) is 3.21. The highest BCUT2D eigenvalue weighted by atomic mass is 35.5. The molecule has 4 unspecified atom stereocenters. The van der Waals surface area contributed by atoms with Gasteiger partial charge in [-0.3, -0.25) is 4.79 Å². The van der Waals surface area contributed by atoms with E-state index in [-0.39, 0.29) is 29.6 Å². The number of amides is 1. The molecule has 0 aliphatic heterocycles. The standard InChI is InChI=1S/C13H24N2O.ClH/c1-3-13(2)7-10(13)12(16)15-11-6-4-5-9(11)8-14;/h9-11H,3-8,14H2,1-2H3,(H,15,16);1H. The van der Waals surface area contributed by atoms with Gasteiger partial charge in [0.1, 0.15) is 0 Å². The number of carbonyl (C=O) groups is 1. The van der Waals surface area contributed by atoms with E-state index in [4.69, 9.17) is 5.73 Å². The minimum Gasteiger partial charge on any atom is -0.353 e. The maximum absolute atomic E-state index is 12.0. The van der Waals surface area contributed by atoms with Crippen molar-refractivity contribution in [3.8, 4) is 0 Å². The minimum absolute atomic E-state index is 0. The molecular weight excluding hydrogens is 236 g/mol. The molecule has 1 amide bonds. The normalized spacial score (nSPS) is 39.6. The predicted molar refractivity (Wildman–Crippen MR) is 72.1 cm³/mol. The summed E-state index contributed by atoms with van der Waals surface area (Å²) in [6.07, 6.45) is 5.67. The average molecular weight is 261 g/mol. The molecule has 0 aromatic carbocycles. The van der Waals surface area contributed by atoms with Crippen LogP contribution in [0.15, 0.2) is 0 Å². The Hall–Kier alpha value is -0.280. The Bertz CT molecular complexity index is 285. The highest BCUT2D eigenvalue weighted by molar-refractivity contribution is 5.85. The lowest BCUT2D eigenvalue weighted by atomic mass is 10.0. The summed E-state index contributed by atoms with van der Waals surface area (Å²) in [7, 11) is 0. The van der Waals surface area contributed by atoms with Crippen molar-refractivity contribution in [1.82, 2.24) is 5.32 Å². The van der Waals surface area contributed by atoms with E-state index in [1.807, 2.05) is 0 Å². The number of hydrogen-bond donors (Lipinski definition) is 2. The fraction of sp³-hybridized carbons (Fsp3) is 0.923. The van der Waals surface area contributed by atoms with Crippen LogP contribution in [-0.2, 0) is 4.79 Å². The summed E-state index contributed by atoms with van der Waals surface area (Å²) >= 11 is 0. The molecule has 0 spiro atoms. The molecule has 3 N–H and O–H groups in total. The van der Waals surface area contributed by atoms with E-state index in [0.29, 0.717) is 18.5 Å². The van der Waals surface area contributed by atoms with E-state index in [1.54, 1.807) is 0 Å². The summed E-state index contributed by atoms with van der Waals surface area (Å²) < 4.78 is 0. The Kier molecular flexibility index (Phi) is 4.85. The monoisotopic (exact) mass is 260 g/mol. The van der Waals surface area contributed by atoms with E-state index < -0.39 is 0 Å². The molecule has 2 aliphatic carbocycles. The predicted octanol–water partition coefficient (Wildman–Crippen LogP) is 2.09. The van der Waals surface area contributed by atoms with Gasteiger partial charge in [0.25, 0.3) is 0 Å². The Balaban J connectivity index is 0.00000144. The maximum atomic E-state index is 12.0. The molecule has 0 bridgehead atoms. The first kappa shape index (κ1) is 14.8. The van der Waals surface area contributed by atoms with Gasteiger partial charge >= 0.3 is 0 Å². The Morgan fingerprint density at radius 2 is 2.18 bits per heavy atom. The topological polar surface area (TPSA) is 55.1 Å². The van der Waals surface area contributed by atoms with Crippen molar-refractivity contribution in [1.29, 1.82) is 0 Å². The molecular formula is C13H25ClN2O. The van der Waals surface area contributed by atoms with Crippen LogP contribution in [0.3, 0.4) is 0 Å². The van der Waals surface area contributed by atoms with Gasteiger partial charge in [-0.2, -0.15) is 0 Å². The van der Waals surface area contributed by atoms with Crippen LogP contribution in [0, 0.1) is 17.3 Å². The first-order valence-electron chi connectivity index (χ1n) is 6.61. The molecule has 4 atom stereocenters. The molecule has 0 aromatic rings. The van der Waals surface area contributed by atoms with Gasteiger partial charge in [-0.05, 0) is 43.6 Å². The summed E-state index contributed by atoms with van der Waals surface area (Å²) in [5.41, 5.74) is 6.00. The smallest absolute Gasteiger partial charge is 0.223 e. The van der Waals surface area contributed by atoms with Gasteiger partial charge < -0.3 is 11.1 Å². The third-order valence-electron chi connectivity index (χ3n) is 4.77. The molecule has 2 rings (SSSR count). The molecule has 17 heavy (non-hydrogen) atoms. The minimum atomic E-state index is 0. The second-order valence-electron chi connectivity index (χ2n) is 5.81. The van der Waals surface area contributed by atoms with E-state index >= 15 is 0 Å².